The summed E-state index contributed by atoms with van der Waals surface area (Å²) in [4.78, 5) is 0. The van der Waals surface area contributed by atoms with E-state index < -0.39 is 0 Å². The van der Waals surface area contributed by atoms with Gasteiger partial charge in [-0.15, -0.1) is 0 Å². The van der Waals surface area contributed by atoms with Gasteiger partial charge in [-0.05, 0) is 48.5 Å². The minimum absolute atomic E-state index is 1.25. The van der Waals surface area contributed by atoms with E-state index in [1.165, 1.54) is 22.1 Å². The number of nitrogens with zero attached hydrogens (tertiary/aromatic N) is 2. The summed E-state index contributed by atoms with van der Waals surface area (Å²) in [6.07, 6.45) is 0. The van der Waals surface area contributed by atoms with Crippen LogP contribution in [0.4, 0.5) is 0 Å². The molecule has 0 saturated heterocycles. The lowest BCUT2D eigenvalue weighted by Crippen LogP contribution is -2.03. The van der Waals surface area contributed by atoms with Gasteiger partial charge in [0.15, 0.2) is 0 Å². The predicted molar refractivity (Wildman–Crippen MR) is 57.0 cm³/mol. The molecule has 66 valence electrons. The number of hydrogen-bond acceptors (Lipinski definition) is 0. The van der Waals surface area contributed by atoms with Gasteiger partial charge < -0.3 is 0 Å². The highest BCUT2D eigenvalue weighted by Crippen LogP contribution is 2.23. The van der Waals surface area contributed by atoms with E-state index in [-0.39, 0.29) is 0 Å². The first kappa shape index (κ1) is 6.49. The fourth-order valence-corrected chi connectivity index (χ4v) is 2.23. The highest BCUT2D eigenvalue weighted by Gasteiger charge is 2.10. The van der Waals surface area contributed by atoms with E-state index in [1.54, 1.807) is 0 Å². The summed E-state index contributed by atoms with van der Waals surface area (Å²) in [6, 6.07) is 17.2. The maximum absolute atomic E-state index is 2.24. The second-order valence-corrected chi connectivity index (χ2v) is 3.66. The van der Waals surface area contributed by atoms with Crippen LogP contribution < -0.4 is 0 Å². The summed E-state index contributed by atoms with van der Waals surface area (Å²) >= 11 is 0. The van der Waals surface area contributed by atoms with Crippen molar-refractivity contribution in [1.29, 1.82) is 0 Å². The van der Waals surface area contributed by atoms with Crippen molar-refractivity contribution in [3.63, 3.8) is 0 Å². The van der Waals surface area contributed by atoms with E-state index in [1.807, 2.05) is 0 Å². The zero-order valence-electron chi connectivity index (χ0n) is 7.51. The molecule has 0 radical (unpaired) electrons. The molecule has 0 atom stereocenters. The van der Waals surface area contributed by atoms with Crippen LogP contribution in [0.25, 0.3) is 22.1 Å². The Morgan fingerprint density at radius 2 is 0.643 bits per heavy atom. The van der Waals surface area contributed by atoms with Crippen molar-refractivity contribution in [2.75, 3.05) is 0 Å². The lowest BCUT2D eigenvalue weighted by atomic mass is 10.4. The second-order valence-electron chi connectivity index (χ2n) is 3.66. The molecule has 4 aromatic rings. The smallest absolute Gasteiger partial charge is 0.0638 e. The molecule has 2 heteroatoms. The molecule has 0 N–H and O–H groups in total. The molecule has 0 saturated carbocycles. The van der Waals surface area contributed by atoms with E-state index in [0.717, 1.165) is 0 Å². The maximum atomic E-state index is 2.24. The Hall–Kier alpha value is -1.96. The number of benzene rings is 2. The average Bonchev–Trinajstić information content (AvgIpc) is 2.92. The van der Waals surface area contributed by atoms with Gasteiger partial charge in [0.1, 0.15) is 0 Å². The third-order valence-electron chi connectivity index (χ3n) is 2.88. The molecule has 0 aliphatic carbocycles. The highest BCUT2D eigenvalue weighted by molar-refractivity contribution is 5.74. The van der Waals surface area contributed by atoms with Crippen molar-refractivity contribution in [3.8, 4) is 0 Å². The zero-order chi connectivity index (χ0) is 9.12. The van der Waals surface area contributed by atoms with Gasteiger partial charge in [-0.1, -0.05) is 0 Å². The molecule has 4 bridgehead atoms. The van der Waals surface area contributed by atoms with Gasteiger partial charge >= 0.3 is 0 Å². The third kappa shape index (κ3) is 0.567. The summed E-state index contributed by atoms with van der Waals surface area (Å²) in [6.45, 7) is 0. The Morgan fingerprint density at radius 3 is 0.857 bits per heavy atom. The maximum Gasteiger partial charge on any atom is 0.0638 e. The van der Waals surface area contributed by atoms with Gasteiger partial charge in [0.25, 0.3) is 0 Å². The van der Waals surface area contributed by atoms with E-state index in [0.29, 0.717) is 0 Å². The molecule has 0 aliphatic heterocycles. The number of aromatic nitrogens is 2. The zero-order valence-corrected chi connectivity index (χ0v) is 7.51. The van der Waals surface area contributed by atoms with Crippen LogP contribution in [0.3, 0.4) is 0 Å². The van der Waals surface area contributed by atoms with Gasteiger partial charge in [-0.25, -0.2) is 9.35 Å². The van der Waals surface area contributed by atoms with Crippen LogP contribution in [0.5, 0.6) is 0 Å². The van der Waals surface area contributed by atoms with Crippen molar-refractivity contribution in [2.45, 2.75) is 0 Å². The molecule has 4 heterocycles. The van der Waals surface area contributed by atoms with Gasteiger partial charge in [0, 0.05) is 0 Å². The van der Waals surface area contributed by atoms with Gasteiger partial charge in [0.05, 0.1) is 22.1 Å². The highest BCUT2D eigenvalue weighted by atomic mass is 15.5. The first-order chi connectivity index (χ1) is 6.93. The van der Waals surface area contributed by atoms with Crippen LogP contribution in [0.1, 0.15) is 0 Å². The number of rotatable bonds is 1. The van der Waals surface area contributed by atoms with Crippen LogP contribution in [0.15, 0.2) is 48.5 Å². The minimum atomic E-state index is 1.25. The molecule has 0 spiro atoms. The first-order valence-corrected chi connectivity index (χ1v) is 4.74. The normalized spacial score (nSPS) is 12.3. The lowest BCUT2D eigenvalue weighted by Gasteiger charge is -2.06. The standard InChI is InChI=1S/C12H8N2/c1-2-10-4-3-9(1)13(10)14-11-5-6-12(14)8-7-11/h1-8H. The van der Waals surface area contributed by atoms with Crippen LogP contribution in [-0.4, -0.2) is 9.35 Å². The molecule has 0 aromatic carbocycles. The summed E-state index contributed by atoms with van der Waals surface area (Å²) in [7, 11) is 0. The monoisotopic (exact) mass is 180 g/mol. The quantitative estimate of drug-likeness (QED) is 0.426. The topological polar surface area (TPSA) is 9.86 Å². The Kier molecular flexibility index (Phi) is 0.892. The largest absolute Gasteiger partial charge is 0.249 e. The second kappa shape index (κ2) is 1.93. The van der Waals surface area contributed by atoms with E-state index in [2.05, 4.69) is 57.9 Å². The van der Waals surface area contributed by atoms with Crippen molar-refractivity contribution >= 4 is 22.1 Å². The summed E-state index contributed by atoms with van der Waals surface area (Å²) in [5, 5.41) is 0. The molecule has 14 heavy (non-hydrogen) atoms. The predicted octanol–water partition coefficient (Wildman–Crippen LogP) is 2.78. The fraction of sp³-hybridized carbons (Fsp3) is 0. The molecule has 0 fully saturated rings. The van der Waals surface area contributed by atoms with Crippen molar-refractivity contribution < 1.29 is 0 Å². The van der Waals surface area contributed by atoms with E-state index in [4.69, 9.17) is 0 Å². The Bertz CT molecular complexity index is 529. The number of hydrogen-bond donors (Lipinski definition) is 0. The molecular weight excluding hydrogens is 172 g/mol. The van der Waals surface area contributed by atoms with Gasteiger partial charge in [-0.3, -0.25) is 0 Å². The summed E-state index contributed by atoms with van der Waals surface area (Å²) < 4.78 is 4.48. The third-order valence-corrected chi connectivity index (χ3v) is 2.88. The van der Waals surface area contributed by atoms with E-state index >= 15 is 0 Å². The molecule has 0 unspecified atom stereocenters. The van der Waals surface area contributed by atoms with Crippen molar-refractivity contribution in [2.24, 2.45) is 0 Å². The van der Waals surface area contributed by atoms with Crippen LogP contribution in [-0.2, 0) is 0 Å². The molecule has 0 aliphatic rings. The summed E-state index contributed by atoms with van der Waals surface area (Å²) in [5.74, 6) is 0. The van der Waals surface area contributed by atoms with Crippen LogP contribution in [0.2, 0.25) is 0 Å². The first-order valence-electron chi connectivity index (χ1n) is 4.74. The molecular formula is C12H8N2. The minimum Gasteiger partial charge on any atom is -0.249 e. The van der Waals surface area contributed by atoms with Gasteiger partial charge in [-0.2, -0.15) is 0 Å². The van der Waals surface area contributed by atoms with Crippen molar-refractivity contribution in [1.82, 2.24) is 9.35 Å². The molecule has 4 aromatic heterocycles. The van der Waals surface area contributed by atoms with Crippen LogP contribution >= 0.6 is 0 Å². The summed E-state index contributed by atoms with van der Waals surface area (Å²) in [5.41, 5.74) is 5.01. The van der Waals surface area contributed by atoms with Crippen LogP contribution in [0, 0.1) is 0 Å². The fourth-order valence-electron chi connectivity index (χ4n) is 2.23. The van der Waals surface area contributed by atoms with Gasteiger partial charge in [0.2, 0.25) is 0 Å². The Balaban J connectivity index is 2.23. The lowest BCUT2D eigenvalue weighted by molar-refractivity contribution is 0.782. The van der Waals surface area contributed by atoms with E-state index in [9.17, 15) is 0 Å². The Labute approximate surface area is 80.6 Å². The number of fused-ring (bicyclic) bond motifs is 5. The Morgan fingerprint density at radius 1 is 0.429 bits per heavy atom. The molecule has 4 rings (SSSR count). The van der Waals surface area contributed by atoms with Crippen molar-refractivity contribution in [3.05, 3.63) is 48.5 Å². The molecule has 2 nitrogen and oxygen atoms in total. The molecule has 0 amide bonds. The average molecular weight is 180 g/mol. The SMILES string of the molecule is c1cc2ccc1n2-n1c2ccc1cc2.